The molecular weight excluding hydrogens is 334 g/mol. The number of anilines is 1. The van der Waals surface area contributed by atoms with Crippen molar-refractivity contribution in [1.29, 1.82) is 0 Å². The molecule has 1 aromatic heterocycles. The molecule has 0 radical (unpaired) electrons. The van der Waals surface area contributed by atoms with E-state index < -0.39 is 0 Å². The van der Waals surface area contributed by atoms with Gasteiger partial charge in [-0.3, -0.25) is 9.48 Å². The Morgan fingerprint density at radius 1 is 1.30 bits per heavy atom. The number of aromatic nitrogens is 2. The first-order chi connectivity index (χ1) is 11.0. The molecule has 0 aliphatic heterocycles. The van der Waals surface area contributed by atoms with Crippen molar-refractivity contribution in [2.24, 2.45) is 7.05 Å². The average Bonchev–Trinajstić information content (AvgIpc) is 2.83. The molecule has 0 aliphatic carbocycles. The number of nitrogens with one attached hydrogen (secondary N) is 3. The highest BCUT2D eigenvalue weighted by Crippen LogP contribution is 2.14. The molecule has 23 heavy (non-hydrogen) atoms. The number of benzene rings is 1. The first kappa shape index (κ1) is 17.2. The minimum atomic E-state index is -0.204. The largest absolute Gasteiger partial charge is 0.361 e. The number of amides is 1. The van der Waals surface area contributed by atoms with Crippen molar-refractivity contribution in [3.8, 4) is 0 Å². The summed E-state index contributed by atoms with van der Waals surface area (Å²) < 4.78 is 1.66. The highest BCUT2D eigenvalue weighted by atomic mass is 35.5. The molecular formula is C15H18ClN5OS. The molecule has 2 aromatic rings. The number of hydrogen-bond acceptors (Lipinski definition) is 3. The van der Waals surface area contributed by atoms with Crippen LogP contribution in [0.1, 0.15) is 16.2 Å². The van der Waals surface area contributed by atoms with Gasteiger partial charge in [-0.1, -0.05) is 17.7 Å². The van der Waals surface area contributed by atoms with E-state index in [0.717, 1.165) is 11.4 Å². The van der Waals surface area contributed by atoms with Crippen LogP contribution in [0.5, 0.6) is 0 Å². The fourth-order valence-corrected chi connectivity index (χ4v) is 2.27. The van der Waals surface area contributed by atoms with E-state index in [-0.39, 0.29) is 5.91 Å². The summed E-state index contributed by atoms with van der Waals surface area (Å²) in [6, 6.07) is 9.01. The van der Waals surface area contributed by atoms with Crippen molar-refractivity contribution in [2.75, 3.05) is 18.4 Å². The van der Waals surface area contributed by atoms with Crippen molar-refractivity contribution in [2.45, 2.75) is 6.92 Å². The number of aryl methyl sites for hydroxylation is 2. The Hall–Kier alpha value is -2.12. The number of carbonyl (C=O) groups excluding carboxylic acids is 1. The molecule has 0 spiro atoms. The first-order valence-electron chi connectivity index (χ1n) is 7.05. The highest BCUT2D eigenvalue weighted by molar-refractivity contribution is 7.80. The lowest BCUT2D eigenvalue weighted by atomic mass is 10.3. The third kappa shape index (κ3) is 5.22. The maximum absolute atomic E-state index is 11.9. The molecule has 0 bridgehead atoms. The van der Waals surface area contributed by atoms with Gasteiger partial charge in [0, 0.05) is 36.5 Å². The molecule has 0 unspecified atom stereocenters. The predicted molar refractivity (Wildman–Crippen MR) is 96.0 cm³/mol. The number of nitrogens with zero attached hydrogens (tertiary/aromatic N) is 2. The molecule has 2 rings (SSSR count). The first-order valence-corrected chi connectivity index (χ1v) is 7.83. The van der Waals surface area contributed by atoms with Crippen molar-refractivity contribution in [3.05, 3.63) is 46.7 Å². The quantitative estimate of drug-likeness (QED) is 0.568. The van der Waals surface area contributed by atoms with Gasteiger partial charge in [0.15, 0.2) is 5.11 Å². The van der Waals surface area contributed by atoms with Gasteiger partial charge in [-0.15, -0.1) is 0 Å². The Kier molecular flexibility index (Phi) is 5.95. The maximum atomic E-state index is 11.9. The Morgan fingerprint density at radius 2 is 2.04 bits per heavy atom. The van der Waals surface area contributed by atoms with Gasteiger partial charge in [0.25, 0.3) is 5.91 Å². The molecule has 1 heterocycles. The molecule has 0 fully saturated rings. The summed E-state index contributed by atoms with van der Waals surface area (Å²) in [6.45, 7) is 2.83. The third-order valence-corrected chi connectivity index (χ3v) is 3.61. The Labute approximate surface area is 145 Å². The fraction of sp³-hybridized carbons (Fsp3) is 0.267. The molecule has 0 aliphatic rings. The van der Waals surface area contributed by atoms with Gasteiger partial charge < -0.3 is 16.0 Å². The lowest BCUT2D eigenvalue weighted by Crippen LogP contribution is -2.36. The van der Waals surface area contributed by atoms with Crippen LogP contribution in [0.3, 0.4) is 0 Å². The van der Waals surface area contributed by atoms with E-state index in [1.807, 2.05) is 19.1 Å². The second kappa shape index (κ2) is 7.94. The standard InChI is InChI=1S/C15H18ClN5OS/c1-10-8-13(20-21(10)2)14(22)17-6-7-18-15(23)19-12-5-3-4-11(16)9-12/h3-5,8-9H,6-7H2,1-2H3,(H,17,22)(H2,18,19,23). The zero-order valence-electron chi connectivity index (χ0n) is 12.9. The van der Waals surface area contributed by atoms with Crippen LogP contribution in [0.25, 0.3) is 0 Å². The average molecular weight is 352 g/mol. The van der Waals surface area contributed by atoms with E-state index in [0.29, 0.717) is 28.9 Å². The second-order valence-electron chi connectivity index (χ2n) is 4.94. The number of carbonyl (C=O) groups is 1. The summed E-state index contributed by atoms with van der Waals surface area (Å²) in [5.74, 6) is -0.204. The zero-order valence-corrected chi connectivity index (χ0v) is 14.5. The van der Waals surface area contributed by atoms with E-state index in [4.69, 9.17) is 23.8 Å². The molecule has 122 valence electrons. The molecule has 0 saturated heterocycles. The number of hydrogen-bond donors (Lipinski definition) is 3. The molecule has 8 heteroatoms. The van der Waals surface area contributed by atoms with Crippen LogP contribution in [-0.4, -0.2) is 33.9 Å². The van der Waals surface area contributed by atoms with Crippen LogP contribution in [0.4, 0.5) is 5.69 Å². The van der Waals surface area contributed by atoms with Crippen LogP contribution in [0.15, 0.2) is 30.3 Å². The summed E-state index contributed by atoms with van der Waals surface area (Å²) in [5.41, 5.74) is 2.15. The number of rotatable bonds is 5. The topological polar surface area (TPSA) is 71.0 Å². The molecule has 0 atom stereocenters. The minimum Gasteiger partial charge on any atom is -0.361 e. The van der Waals surface area contributed by atoms with E-state index in [9.17, 15) is 4.79 Å². The molecule has 0 saturated carbocycles. The zero-order chi connectivity index (χ0) is 16.8. The van der Waals surface area contributed by atoms with Gasteiger partial charge in [-0.25, -0.2) is 0 Å². The van der Waals surface area contributed by atoms with Crippen LogP contribution in [0.2, 0.25) is 5.02 Å². The summed E-state index contributed by atoms with van der Waals surface area (Å²) in [6.07, 6.45) is 0. The van der Waals surface area contributed by atoms with Crippen LogP contribution < -0.4 is 16.0 Å². The van der Waals surface area contributed by atoms with E-state index in [2.05, 4.69) is 21.0 Å². The maximum Gasteiger partial charge on any atom is 0.271 e. The fourth-order valence-electron chi connectivity index (χ4n) is 1.86. The Bertz CT molecular complexity index is 696. The molecule has 1 aromatic carbocycles. The molecule has 1 amide bonds. The van der Waals surface area contributed by atoms with Crippen molar-refractivity contribution in [3.63, 3.8) is 0 Å². The summed E-state index contributed by atoms with van der Waals surface area (Å²) >= 11 is 11.1. The van der Waals surface area contributed by atoms with E-state index >= 15 is 0 Å². The monoisotopic (exact) mass is 351 g/mol. The van der Waals surface area contributed by atoms with Gasteiger partial charge in [0.2, 0.25) is 0 Å². The van der Waals surface area contributed by atoms with Crippen LogP contribution in [-0.2, 0) is 7.05 Å². The van der Waals surface area contributed by atoms with Crippen LogP contribution >= 0.6 is 23.8 Å². The van der Waals surface area contributed by atoms with Crippen molar-refractivity contribution in [1.82, 2.24) is 20.4 Å². The predicted octanol–water partition coefficient (Wildman–Crippen LogP) is 2.10. The summed E-state index contributed by atoms with van der Waals surface area (Å²) in [7, 11) is 1.80. The number of thiocarbonyl (C=S) groups is 1. The second-order valence-corrected chi connectivity index (χ2v) is 5.79. The lowest BCUT2D eigenvalue weighted by Gasteiger charge is -2.11. The summed E-state index contributed by atoms with van der Waals surface area (Å²) in [5, 5.41) is 14.0. The van der Waals surface area contributed by atoms with Crippen LogP contribution in [0, 0.1) is 6.92 Å². The smallest absolute Gasteiger partial charge is 0.271 e. The van der Waals surface area contributed by atoms with Gasteiger partial charge >= 0.3 is 0 Å². The van der Waals surface area contributed by atoms with Gasteiger partial charge in [-0.2, -0.15) is 5.10 Å². The Balaban J connectivity index is 1.70. The van der Waals surface area contributed by atoms with Crippen molar-refractivity contribution < 1.29 is 4.79 Å². The minimum absolute atomic E-state index is 0.204. The molecule has 6 nitrogen and oxygen atoms in total. The third-order valence-electron chi connectivity index (χ3n) is 3.13. The Morgan fingerprint density at radius 3 is 2.70 bits per heavy atom. The van der Waals surface area contributed by atoms with Gasteiger partial charge in [-0.05, 0) is 43.4 Å². The number of halogens is 1. The van der Waals surface area contributed by atoms with E-state index in [1.54, 1.807) is 29.9 Å². The highest BCUT2D eigenvalue weighted by Gasteiger charge is 2.09. The molecule has 3 N–H and O–H groups in total. The summed E-state index contributed by atoms with van der Waals surface area (Å²) in [4.78, 5) is 11.9. The lowest BCUT2D eigenvalue weighted by molar-refractivity contribution is 0.0948. The van der Waals surface area contributed by atoms with Crippen molar-refractivity contribution >= 4 is 40.5 Å². The van der Waals surface area contributed by atoms with Gasteiger partial charge in [0.1, 0.15) is 5.69 Å². The van der Waals surface area contributed by atoms with E-state index in [1.165, 1.54) is 0 Å². The normalized spacial score (nSPS) is 10.2. The SMILES string of the molecule is Cc1cc(C(=O)NCCNC(=S)Nc2cccc(Cl)c2)nn1C. The van der Waals surface area contributed by atoms with Gasteiger partial charge in [0.05, 0.1) is 0 Å².